The van der Waals surface area contributed by atoms with E-state index in [-0.39, 0.29) is 18.0 Å². The lowest BCUT2D eigenvalue weighted by atomic mass is 10.1. The first kappa shape index (κ1) is 13.0. The zero-order valence-corrected chi connectivity index (χ0v) is 7.95. The highest BCUT2D eigenvalue weighted by Gasteiger charge is 2.15. The fraction of sp³-hybridized carbons (Fsp3) is 0.111. The molecule has 0 saturated carbocycles. The van der Waals surface area contributed by atoms with Gasteiger partial charge in [-0.25, -0.2) is 13.2 Å². The maximum atomic E-state index is 12.9. The van der Waals surface area contributed by atoms with Crippen molar-refractivity contribution < 1.29 is 13.2 Å². The van der Waals surface area contributed by atoms with Crippen LogP contribution in [0.3, 0.4) is 0 Å². The van der Waals surface area contributed by atoms with Crippen LogP contribution in [0.1, 0.15) is 11.6 Å². The molecule has 1 atom stereocenters. The fourth-order valence-electron chi connectivity index (χ4n) is 0.990. The van der Waals surface area contributed by atoms with Gasteiger partial charge in [0.05, 0.1) is 6.04 Å². The van der Waals surface area contributed by atoms with Crippen LogP contribution in [0, 0.1) is 17.5 Å². The van der Waals surface area contributed by atoms with Crippen LogP contribution in [0.4, 0.5) is 13.2 Å². The van der Waals surface area contributed by atoms with E-state index >= 15 is 0 Å². The average molecular weight is 224 g/mol. The van der Waals surface area contributed by atoms with Gasteiger partial charge >= 0.3 is 0 Å². The van der Waals surface area contributed by atoms with Crippen LogP contribution in [-0.4, -0.2) is 0 Å². The molecule has 0 amide bonds. The quantitative estimate of drug-likeness (QED) is 0.767. The maximum absolute atomic E-state index is 12.9. The predicted molar refractivity (Wildman–Crippen MR) is 50.7 cm³/mol. The van der Waals surface area contributed by atoms with Gasteiger partial charge in [-0.2, -0.15) is 0 Å². The monoisotopic (exact) mass is 223 g/mol. The summed E-state index contributed by atoms with van der Waals surface area (Å²) in [7, 11) is 0. The highest BCUT2D eigenvalue weighted by Crippen LogP contribution is 2.20. The van der Waals surface area contributed by atoms with Crippen LogP contribution in [0.2, 0.25) is 0 Å². The van der Waals surface area contributed by atoms with Crippen LogP contribution in [-0.2, 0) is 0 Å². The molecule has 1 aromatic rings. The van der Waals surface area contributed by atoms with Crippen molar-refractivity contribution in [2.24, 2.45) is 5.73 Å². The molecule has 0 spiro atoms. The molecule has 0 saturated heterocycles. The highest BCUT2D eigenvalue weighted by molar-refractivity contribution is 5.85. The second-order valence-corrected chi connectivity index (χ2v) is 2.54. The molecule has 1 nitrogen and oxygen atoms in total. The summed E-state index contributed by atoms with van der Waals surface area (Å²) in [6.45, 7) is 3.29. The minimum atomic E-state index is -0.995. The Morgan fingerprint density at radius 1 is 1.21 bits per heavy atom. The van der Waals surface area contributed by atoms with Crippen LogP contribution in [0.25, 0.3) is 0 Å². The summed E-state index contributed by atoms with van der Waals surface area (Å²) in [5.74, 6) is -2.95. The van der Waals surface area contributed by atoms with E-state index in [0.29, 0.717) is 12.1 Å². The van der Waals surface area contributed by atoms with Gasteiger partial charge in [-0.3, -0.25) is 0 Å². The zero-order valence-electron chi connectivity index (χ0n) is 7.14. The maximum Gasteiger partial charge on any atom is 0.134 e. The van der Waals surface area contributed by atoms with E-state index in [9.17, 15) is 13.2 Å². The minimum Gasteiger partial charge on any atom is -0.321 e. The van der Waals surface area contributed by atoms with E-state index in [4.69, 9.17) is 5.73 Å². The summed E-state index contributed by atoms with van der Waals surface area (Å²) >= 11 is 0. The Labute approximate surface area is 85.8 Å². The van der Waals surface area contributed by atoms with Crippen LogP contribution in [0.15, 0.2) is 24.8 Å². The first-order valence-corrected chi connectivity index (χ1v) is 3.59. The number of halogens is 4. The Morgan fingerprint density at radius 3 is 2.00 bits per heavy atom. The van der Waals surface area contributed by atoms with Crippen molar-refractivity contribution in [1.29, 1.82) is 0 Å². The van der Waals surface area contributed by atoms with E-state index in [1.54, 1.807) is 0 Å². The van der Waals surface area contributed by atoms with Gasteiger partial charge in [-0.05, 0) is 0 Å². The van der Waals surface area contributed by atoms with Gasteiger partial charge < -0.3 is 5.73 Å². The summed E-state index contributed by atoms with van der Waals surface area (Å²) in [5.41, 5.74) is 4.96. The second-order valence-electron chi connectivity index (χ2n) is 2.54. The van der Waals surface area contributed by atoms with Crippen LogP contribution in [0.5, 0.6) is 0 Å². The van der Waals surface area contributed by atoms with Crippen LogP contribution >= 0.6 is 12.4 Å². The Hall–Kier alpha value is -1.00. The molecule has 14 heavy (non-hydrogen) atoms. The van der Waals surface area contributed by atoms with E-state index in [0.717, 1.165) is 0 Å². The molecule has 2 N–H and O–H groups in total. The second kappa shape index (κ2) is 5.02. The topological polar surface area (TPSA) is 26.0 Å². The molecule has 0 bridgehead atoms. The largest absolute Gasteiger partial charge is 0.321 e. The Balaban J connectivity index is 0.00000169. The minimum absolute atomic E-state index is 0. The third kappa shape index (κ3) is 2.49. The van der Waals surface area contributed by atoms with Crippen molar-refractivity contribution in [3.63, 3.8) is 0 Å². The Kier molecular flexibility index (Phi) is 4.67. The van der Waals surface area contributed by atoms with Gasteiger partial charge in [0, 0.05) is 17.7 Å². The molecule has 0 fully saturated rings. The summed E-state index contributed by atoms with van der Waals surface area (Å²) < 4.78 is 38.3. The molecule has 0 aliphatic carbocycles. The first-order valence-electron chi connectivity index (χ1n) is 3.59. The molecule has 0 heterocycles. The number of rotatable bonds is 2. The molecule has 0 aromatic heterocycles. The Bertz CT molecular complexity index is 318. The normalized spacial score (nSPS) is 11.7. The molecular weight excluding hydrogens is 215 g/mol. The lowest BCUT2D eigenvalue weighted by molar-refractivity contribution is 0.517. The van der Waals surface area contributed by atoms with Crippen molar-refractivity contribution in [1.82, 2.24) is 0 Å². The summed E-state index contributed by atoms with van der Waals surface area (Å²) in [5, 5.41) is 0. The third-order valence-electron chi connectivity index (χ3n) is 1.63. The molecule has 0 unspecified atom stereocenters. The average Bonchev–Trinajstić information content (AvgIpc) is 2.02. The molecule has 1 aromatic carbocycles. The molecule has 0 aliphatic rings. The fourth-order valence-corrected chi connectivity index (χ4v) is 0.990. The zero-order chi connectivity index (χ0) is 10.0. The van der Waals surface area contributed by atoms with E-state index < -0.39 is 23.5 Å². The lowest BCUT2D eigenvalue weighted by Gasteiger charge is -2.08. The van der Waals surface area contributed by atoms with Crippen molar-refractivity contribution in [2.45, 2.75) is 6.04 Å². The molecule has 78 valence electrons. The van der Waals surface area contributed by atoms with Gasteiger partial charge in [0.25, 0.3) is 0 Å². The van der Waals surface area contributed by atoms with Gasteiger partial charge in [0.2, 0.25) is 0 Å². The van der Waals surface area contributed by atoms with Crippen molar-refractivity contribution in [3.05, 3.63) is 47.8 Å². The van der Waals surface area contributed by atoms with Gasteiger partial charge in [0.1, 0.15) is 17.5 Å². The van der Waals surface area contributed by atoms with Crippen LogP contribution < -0.4 is 5.73 Å². The lowest BCUT2D eigenvalue weighted by Crippen LogP contribution is -2.11. The van der Waals surface area contributed by atoms with Gasteiger partial charge in [-0.1, -0.05) is 6.08 Å². The molecule has 0 aliphatic heterocycles. The van der Waals surface area contributed by atoms with Crippen molar-refractivity contribution in [3.8, 4) is 0 Å². The molecule has 0 radical (unpaired) electrons. The predicted octanol–water partition coefficient (Wildman–Crippen LogP) is 2.71. The summed E-state index contributed by atoms with van der Waals surface area (Å²) in [6.07, 6.45) is 1.18. The molecule has 1 rings (SSSR count). The van der Waals surface area contributed by atoms with Crippen molar-refractivity contribution in [2.75, 3.05) is 0 Å². The van der Waals surface area contributed by atoms with Crippen molar-refractivity contribution >= 4 is 12.4 Å². The SMILES string of the molecule is C=C[C@H](N)c1c(F)cc(F)cc1F.Cl. The Morgan fingerprint density at radius 2 is 1.64 bits per heavy atom. The number of hydrogen-bond donors (Lipinski definition) is 1. The summed E-state index contributed by atoms with van der Waals surface area (Å²) in [6, 6.07) is 0.212. The number of benzene rings is 1. The summed E-state index contributed by atoms with van der Waals surface area (Å²) in [4.78, 5) is 0. The first-order chi connectivity index (χ1) is 6.06. The highest BCUT2D eigenvalue weighted by atomic mass is 35.5. The van der Waals surface area contributed by atoms with Gasteiger partial charge in [0.15, 0.2) is 0 Å². The molecular formula is C9H9ClF3N. The van der Waals surface area contributed by atoms with E-state index in [2.05, 4.69) is 6.58 Å². The number of hydrogen-bond acceptors (Lipinski definition) is 1. The van der Waals surface area contributed by atoms with Gasteiger partial charge in [-0.15, -0.1) is 19.0 Å². The molecule has 5 heteroatoms. The van der Waals surface area contributed by atoms with E-state index in [1.165, 1.54) is 6.08 Å². The smallest absolute Gasteiger partial charge is 0.134 e. The number of nitrogens with two attached hydrogens (primary N) is 1. The van der Waals surface area contributed by atoms with E-state index in [1.807, 2.05) is 0 Å². The standard InChI is InChI=1S/C9H8F3N.ClH/c1-2-8(13)9-6(11)3-5(10)4-7(9)12;/h2-4,8H,1,13H2;1H/t8-;/m0./s1. The third-order valence-corrected chi connectivity index (χ3v) is 1.63.